The zero-order valence-corrected chi connectivity index (χ0v) is 21.2. The molecule has 0 radical (unpaired) electrons. The van der Waals surface area contributed by atoms with Crippen LogP contribution in [0.3, 0.4) is 0 Å². The molecule has 2 aliphatic heterocycles. The summed E-state index contributed by atoms with van der Waals surface area (Å²) >= 11 is 0. The van der Waals surface area contributed by atoms with E-state index < -0.39 is 0 Å². The molecule has 0 saturated carbocycles. The van der Waals surface area contributed by atoms with Gasteiger partial charge in [0.1, 0.15) is 6.61 Å². The van der Waals surface area contributed by atoms with E-state index in [1.165, 1.54) is 21.3 Å². The van der Waals surface area contributed by atoms with Crippen molar-refractivity contribution in [1.82, 2.24) is 0 Å². The minimum Gasteiger partial charge on any atom is 0 e. The van der Waals surface area contributed by atoms with Gasteiger partial charge in [-0.05, 0) is 29.8 Å². The van der Waals surface area contributed by atoms with E-state index in [-0.39, 0.29) is 43.2 Å². The van der Waals surface area contributed by atoms with Crippen molar-refractivity contribution in [2.75, 3.05) is 34.7 Å². The maximum atomic E-state index is 12.1. The third-order valence-corrected chi connectivity index (χ3v) is 5.04. The fourth-order valence-electron chi connectivity index (χ4n) is 3.66. The number of ether oxygens (including phenoxy) is 6. The number of esters is 1. The number of carbonyl (C=O) groups is 2. The first kappa shape index (κ1) is 33.1. The molecule has 0 aliphatic carbocycles. The predicted octanol–water partition coefficient (Wildman–Crippen LogP) is 2.83. The molecule has 11 nitrogen and oxygen atoms in total. The summed E-state index contributed by atoms with van der Waals surface area (Å²) in [7, 11) is 4.52. The molecule has 2 aliphatic rings. The van der Waals surface area contributed by atoms with Crippen molar-refractivity contribution in [3.63, 3.8) is 0 Å². The van der Waals surface area contributed by atoms with Gasteiger partial charge in [-0.15, -0.1) is 0 Å². The van der Waals surface area contributed by atoms with Gasteiger partial charge in [0.05, 0.1) is 21.3 Å². The van der Waals surface area contributed by atoms with Crippen molar-refractivity contribution >= 4 is 12.3 Å². The van der Waals surface area contributed by atoms with E-state index in [2.05, 4.69) is 20.0 Å². The third-order valence-electron chi connectivity index (χ3n) is 5.04. The summed E-state index contributed by atoms with van der Waals surface area (Å²) in [6.45, 7) is 13.8. The molecule has 2 heterocycles. The quantitative estimate of drug-likeness (QED) is 0.222. The minimum atomic E-state index is -0.379. The van der Waals surface area contributed by atoms with Gasteiger partial charge in [0.15, 0.2) is 29.3 Å². The van der Waals surface area contributed by atoms with Gasteiger partial charge in [-0.2, -0.15) is 0 Å². The van der Waals surface area contributed by atoms with Crippen LogP contribution in [0.2, 0.25) is 0 Å². The van der Waals surface area contributed by atoms with E-state index >= 15 is 0 Å². The number of hydrogen-bond donors (Lipinski definition) is 0. The molecular weight excluding hydrogens is 528 g/mol. The van der Waals surface area contributed by atoms with Crippen molar-refractivity contribution in [1.29, 1.82) is 0 Å². The van der Waals surface area contributed by atoms with Crippen LogP contribution >= 0.6 is 0 Å². The fourth-order valence-corrected chi connectivity index (χ4v) is 3.66. The summed E-state index contributed by atoms with van der Waals surface area (Å²) in [5.74, 6) is 1.81. The van der Waals surface area contributed by atoms with Gasteiger partial charge in [0, 0.05) is 46.0 Å². The Kier molecular flexibility index (Phi) is 14.9. The van der Waals surface area contributed by atoms with Crippen molar-refractivity contribution < 1.29 is 69.3 Å². The van der Waals surface area contributed by atoms with E-state index in [4.69, 9.17) is 42.4 Å². The number of rotatable bonds is 7. The second-order valence-electron chi connectivity index (χ2n) is 6.59. The van der Waals surface area contributed by atoms with Gasteiger partial charge in [-0.3, -0.25) is 4.79 Å². The second kappa shape index (κ2) is 16.7. The maximum Gasteiger partial charge on any atom is 0 e. The molecule has 2 aromatic carbocycles. The summed E-state index contributed by atoms with van der Waals surface area (Å²) < 4.78 is 55.1. The first-order valence-corrected chi connectivity index (χ1v) is 9.79. The number of benzene rings is 2. The smallest absolute Gasteiger partial charge is 0 e. The van der Waals surface area contributed by atoms with Crippen molar-refractivity contribution in [3.05, 3.63) is 60.9 Å². The number of aldehydes is 1. The molecule has 192 valence electrons. The van der Waals surface area contributed by atoms with Crippen LogP contribution in [-0.4, -0.2) is 47.0 Å². The van der Waals surface area contributed by atoms with Gasteiger partial charge in [0.2, 0.25) is 12.5 Å². The van der Waals surface area contributed by atoms with Gasteiger partial charge in [-0.25, -0.2) is 4.79 Å². The normalized spacial score (nSPS) is 11.7. The Morgan fingerprint density at radius 3 is 1.97 bits per heavy atom. The number of cyclic esters (lactones) is 1. The molecular formula is C25H20CrO11. The van der Waals surface area contributed by atoms with E-state index in [0.717, 1.165) is 6.29 Å². The summed E-state index contributed by atoms with van der Waals surface area (Å²) in [5, 5.41) is 0. The maximum absolute atomic E-state index is 12.1. The predicted molar refractivity (Wildman–Crippen MR) is 118 cm³/mol. The van der Waals surface area contributed by atoms with E-state index in [1.807, 2.05) is 0 Å². The minimum absolute atomic E-state index is 0. The van der Waals surface area contributed by atoms with Crippen LogP contribution in [0.5, 0.6) is 28.7 Å². The zero-order chi connectivity index (χ0) is 27.3. The van der Waals surface area contributed by atoms with E-state index in [1.54, 1.807) is 24.3 Å². The zero-order valence-electron chi connectivity index (χ0n) is 19.9. The SMILES string of the molecule is COc1cc(CC2=CCOC2=O)c(-c2cc3c(cc2C=O)OCO3)c(OC)c1OC.[C-]#[O+].[C-]#[O+].[C-]#[O+].[Cr]. The molecule has 0 fully saturated rings. The standard InChI is InChI=1S/C22H20O8.3CO.Cr/c1-25-18-7-13(6-12-4-5-28-22(12)24)19(21(27-3)20(18)26-2)15-9-17-16(29-11-30-17)8-14(15)10-23;3*1-2;/h4,7-10H,5-6,11H2,1-3H3;;;;. The number of hydrogen-bond acceptors (Lipinski definition) is 8. The Hall–Kier alpha value is -3.93. The molecule has 0 spiro atoms. The monoisotopic (exact) mass is 548 g/mol. The van der Waals surface area contributed by atoms with Crippen LogP contribution in [0.4, 0.5) is 0 Å². The third kappa shape index (κ3) is 7.07. The van der Waals surface area contributed by atoms with Gasteiger partial charge in [-0.1, -0.05) is 0 Å². The topological polar surface area (TPSA) is 149 Å². The van der Waals surface area contributed by atoms with Crippen LogP contribution in [0.25, 0.3) is 11.1 Å². The average Bonchev–Trinajstić information content (AvgIpc) is 3.58. The molecule has 4 rings (SSSR count). The molecule has 12 heteroatoms. The number of methoxy groups -OCH3 is 3. The fraction of sp³-hybridized carbons (Fsp3) is 0.240. The largest absolute Gasteiger partial charge is 0 e. The summed E-state index contributed by atoms with van der Waals surface area (Å²) in [5.41, 5.74) is 2.76. The van der Waals surface area contributed by atoms with Gasteiger partial charge in [0.25, 0.3) is 0 Å². The van der Waals surface area contributed by atoms with Crippen LogP contribution < -0.4 is 23.7 Å². The molecule has 0 amide bonds. The van der Waals surface area contributed by atoms with Crippen LogP contribution in [-0.2, 0) is 47.3 Å². The average molecular weight is 548 g/mol. The molecule has 0 atom stereocenters. The van der Waals surface area contributed by atoms with Crippen molar-refractivity contribution in [2.24, 2.45) is 0 Å². The second-order valence-corrected chi connectivity index (χ2v) is 6.59. The Balaban J connectivity index is 0.00000173. The Labute approximate surface area is 223 Å². The molecule has 0 bridgehead atoms. The number of fused-ring (bicyclic) bond motifs is 1. The molecule has 0 aromatic heterocycles. The molecule has 0 saturated heterocycles. The summed E-state index contributed by atoms with van der Waals surface area (Å²) in [4.78, 5) is 24.0. The van der Waals surface area contributed by atoms with Crippen LogP contribution in [0, 0.1) is 20.0 Å². The molecule has 2 aromatic rings. The Bertz CT molecular complexity index is 1180. The summed E-state index contributed by atoms with van der Waals surface area (Å²) in [6, 6.07) is 5.11. The summed E-state index contributed by atoms with van der Waals surface area (Å²) in [6.07, 6.45) is 2.73. The van der Waals surface area contributed by atoms with Crippen LogP contribution in [0.15, 0.2) is 29.8 Å². The van der Waals surface area contributed by atoms with Crippen molar-refractivity contribution in [3.8, 4) is 39.9 Å². The molecule has 37 heavy (non-hydrogen) atoms. The van der Waals surface area contributed by atoms with Gasteiger partial charge >= 0.3 is 39.9 Å². The Morgan fingerprint density at radius 1 is 0.892 bits per heavy atom. The first-order chi connectivity index (χ1) is 17.6. The van der Waals surface area contributed by atoms with Crippen LogP contribution in [0.1, 0.15) is 15.9 Å². The molecule has 0 unspecified atom stereocenters. The molecule has 0 N–H and O–H groups in total. The van der Waals surface area contributed by atoms with Crippen molar-refractivity contribution in [2.45, 2.75) is 6.42 Å². The Morgan fingerprint density at radius 2 is 1.49 bits per heavy atom. The van der Waals surface area contributed by atoms with E-state index in [9.17, 15) is 9.59 Å². The number of carbonyl (C=O) groups excluding carboxylic acids is 2. The van der Waals surface area contributed by atoms with Gasteiger partial charge < -0.3 is 28.4 Å². The first-order valence-electron chi connectivity index (χ1n) is 9.79. The van der Waals surface area contributed by atoms with E-state index in [0.29, 0.717) is 56.6 Å².